The molecule has 5 rings (SSSR count). The summed E-state index contributed by atoms with van der Waals surface area (Å²) in [6.45, 7) is 4.44. The van der Waals surface area contributed by atoms with E-state index in [0.717, 1.165) is 35.1 Å². The lowest BCUT2D eigenvalue weighted by Gasteiger charge is -2.38. The highest BCUT2D eigenvalue weighted by Gasteiger charge is 2.54. The van der Waals surface area contributed by atoms with Crippen molar-refractivity contribution in [2.75, 3.05) is 13.1 Å². The van der Waals surface area contributed by atoms with Crippen LogP contribution in [0.2, 0.25) is 0 Å². The van der Waals surface area contributed by atoms with Gasteiger partial charge in [-0.2, -0.15) is 5.26 Å². The molecule has 3 aliphatic rings. The van der Waals surface area contributed by atoms with Crippen LogP contribution in [-0.2, 0) is 23.1 Å². The van der Waals surface area contributed by atoms with Crippen LogP contribution in [0.5, 0.6) is 0 Å². The molecule has 214 valence electrons. The Morgan fingerprint density at radius 2 is 1.63 bits per heavy atom. The number of aryl methyl sites for hydroxylation is 2. The quantitative estimate of drug-likeness (QED) is 0.179. The van der Waals surface area contributed by atoms with Gasteiger partial charge in [0.15, 0.2) is 0 Å². The van der Waals surface area contributed by atoms with E-state index in [0.29, 0.717) is 42.9 Å². The van der Waals surface area contributed by atoms with Crippen molar-refractivity contribution in [3.63, 3.8) is 0 Å². The van der Waals surface area contributed by atoms with Crippen molar-refractivity contribution in [3.05, 3.63) is 69.8 Å². The van der Waals surface area contributed by atoms with E-state index in [2.05, 4.69) is 16.7 Å². The first kappa shape index (κ1) is 28.3. The van der Waals surface area contributed by atoms with Crippen LogP contribution in [0.3, 0.4) is 0 Å². The van der Waals surface area contributed by atoms with Crippen molar-refractivity contribution in [3.8, 4) is 6.07 Å². The Morgan fingerprint density at radius 3 is 2.15 bits per heavy atom. The number of hydrogen-bond donors (Lipinski definition) is 5. The number of benzene rings is 2. The maximum Gasteiger partial charge on any atom is 0.248 e. The van der Waals surface area contributed by atoms with Crippen LogP contribution in [0.1, 0.15) is 76.1 Å². The van der Waals surface area contributed by atoms with E-state index in [1.54, 1.807) is 29.2 Å². The number of carbonyl (C=O) groups is 3. The lowest BCUT2D eigenvalue weighted by molar-refractivity contribution is -0.131. The lowest BCUT2D eigenvalue weighted by atomic mass is 9.68. The van der Waals surface area contributed by atoms with Gasteiger partial charge >= 0.3 is 0 Å². The Labute approximate surface area is 240 Å². The Balaban J connectivity index is 1.52. The molecule has 3 amide bonds. The molecule has 1 heterocycles. The van der Waals surface area contributed by atoms with E-state index in [1.807, 2.05) is 26.0 Å². The summed E-state index contributed by atoms with van der Waals surface area (Å²) in [5.41, 5.74) is 14.6. The minimum absolute atomic E-state index is 0.0246. The van der Waals surface area contributed by atoms with E-state index >= 15 is 0 Å². The summed E-state index contributed by atoms with van der Waals surface area (Å²) in [6.07, 6.45) is 3.32. The van der Waals surface area contributed by atoms with Crippen LogP contribution >= 0.6 is 0 Å². The Hall–Kier alpha value is -4.23. The van der Waals surface area contributed by atoms with Crippen molar-refractivity contribution in [1.82, 2.24) is 15.5 Å². The molecule has 1 saturated heterocycles. The highest BCUT2D eigenvalue weighted by molar-refractivity contribution is 5.98. The van der Waals surface area contributed by atoms with Gasteiger partial charge in [-0.1, -0.05) is 12.1 Å². The molecule has 2 aromatic rings. The topological polar surface area (TPSA) is 178 Å². The van der Waals surface area contributed by atoms with Crippen molar-refractivity contribution < 1.29 is 14.4 Å². The zero-order valence-electron chi connectivity index (χ0n) is 23.5. The number of fused-ring (bicyclic) bond motifs is 3. The maximum absolute atomic E-state index is 13.1. The standard InChI is InChI=1S/C31H37N7O3/c1-17(2)37-30(35)31(9-10-36-16-27(39)38-23(15-32)13-22-14-26(22)38)24-7-5-20(28(33)40)11-18(24)3-4-19-12-21(29(34)41)6-8-25(19)31/h5-8,11-12,17,22-23,26,36H,3-4,9-10,13-14,16H2,1-2H3,(H2,33,40)(H2,34,41)(H2,35,37)/t22-,23+,26+/m1/s1. The number of amidine groups is 1. The minimum atomic E-state index is -0.960. The molecule has 10 heteroatoms. The molecule has 2 fully saturated rings. The van der Waals surface area contributed by atoms with Crippen LogP contribution < -0.4 is 22.1 Å². The summed E-state index contributed by atoms with van der Waals surface area (Å²) in [6, 6.07) is 12.8. The number of rotatable bonds is 9. The predicted octanol–water partition coefficient (Wildman–Crippen LogP) is 1.74. The van der Waals surface area contributed by atoms with Gasteiger partial charge in [0.1, 0.15) is 11.9 Å². The number of piperidine rings is 1. The van der Waals surface area contributed by atoms with Crippen LogP contribution in [0.15, 0.2) is 36.4 Å². The molecule has 0 radical (unpaired) electrons. The van der Waals surface area contributed by atoms with Gasteiger partial charge < -0.3 is 27.0 Å². The summed E-state index contributed by atoms with van der Waals surface area (Å²) < 4.78 is 0. The zero-order chi connectivity index (χ0) is 29.5. The Morgan fingerprint density at radius 1 is 1.05 bits per heavy atom. The molecule has 0 aromatic heterocycles. The minimum Gasteiger partial charge on any atom is -0.371 e. The van der Waals surface area contributed by atoms with E-state index < -0.39 is 17.2 Å². The van der Waals surface area contributed by atoms with Gasteiger partial charge in [0.2, 0.25) is 17.7 Å². The maximum atomic E-state index is 13.1. The fourth-order valence-corrected chi connectivity index (χ4v) is 6.72. The fraction of sp³-hybridized carbons (Fsp3) is 0.452. The van der Waals surface area contributed by atoms with Gasteiger partial charge in [-0.3, -0.25) is 19.8 Å². The number of nitriles is 1. The molecule has 0 bridgehead atoms. The number of likely N-dealkylation sites (tertiary alicyclic amines) is 1. The average Bonchev–Trinajstić information content (AvgIpc) is 3.63. The molecule has 2 aromatic carbocycles. The van der Waals surface area contributed by atoms with Crippen LogP contribution in [0, 0.1) is 22.7 Å². The number of nitrogens with two attached hydrogens (primary N) is 2. The van der Waals surface area contributed by atoms with Crippen molar-refractivity contribution >= 4 is 23.6 Å². The average molecular weight is 556 g/mol. The van der Waals surface area contributed by atoms with Gasteiger partial charge in [-0.25, -0.2) is 0 Å². The second-order valence-corrected chi connectivity index (χ2v) is 11.7. The summed E-state index contributed by atoms with van der Waals surface area (Å²) in [5, 5.41) is 25.5. The number of carbonyl (C=O) groups excluding carboxylic acids is 3. The predicted molar refractivity (Wildman–Crippen MR) is 154 cm³/mol. The van der Waals surface area contributed by atoms with E-state index in [4.69, 9.17) is 11.5 Å². The largest absolute Gasteiger partial charge is 0.371 e. The van der Waals surface area contributed by atoms with Gasteiger partial charge in [-0.05, 0) is 105 Å². The summed E-state index contributed by atoms with van der Waals surface area (Å²) in [5.74, 6) is -0.396. The molecule has 0 spiro atoms. The third-order valence-electron chi connectivity index (χ3n) is 8.72. The molecule has 10 nitrogen and oxygen atoms in total. The molecule has 0 unspecified atom stereocenters. The Bertz CT molecular complexity index is 1390. The first-order chi connectivity index (χ1) is 19.6. The molecule has 1 saturated carbocycles. The second kappa shape index (κ2) is 11.0. The van der Waals surface area contributed by atoms with E-state index in [-0.39, 0.29) is 36.4 Å². The van der Waals surface area contributed by atoms with Crippen molar-refractivity contribution in [2.24, 2.45) is 17.4 Å². The van der Waals surface area contributed by atoms with Crippen LogP contribution in [0.4, 0.5) is 0 Å². The summed E-state index contributed by atoms with van der Waals surface area (Å²) in [7, 11) is 0. The monoisotopic (exact) mass is 555 g/mol. The highest BCUT2D eigenvalue weighted by Crippen LogP contribution is 2.47. The van der Waals surface area contributed by atoms with Gasteiger partial charge in [0.05, 0.1) is 18.0 Å². The number of nitrogens with one attached hydrogen (secondary N) is 3. The summed E-state index contributed by atoms with van der Waals surface area (Å²) >= 11 is 0. The number of primary amides is 2. The molecule has 41 heavy (non-hydrogen) atoms. The SMILES string of the molecule is CC(C)NC(=N)C1(CCNCC(=O)N2[C@H](C#N)C[C@@H]3C[C@@H]32)c2ccc(C(N)=O)cc2CCc2cc(C(N)=O)ccc21. The number of hydrogen-bond acceptors (Lipinski definition) is 6. The first-order valence-electron chi connectivity index (χ1n) is 14.2. The van der Waals surface area contributed by atoms with Crippen molar-refractivity contribution in [2.45, 2.75) is 69.5 Å². The number of amides is 3. The highest BCUT2D eigenvalue weighted by atomic mass is 16.2. The van der Waals surface area contributed by atoms with Crippen LogP contribution in [0.25, 0.3) is 0 Å². The van der Waals surface area contributed by atoms with Crippen LogP contribution in [-0.4, -0.2) is 59.7 Å². The van der Waals surface area contributed by atoms with Gasteiger partial charge in [-0.15, -0.1) is 0 Å². The van der Waals surface area contributed by atoms with Gasteiger partial charge in [0, 0.05) is 23.2 Å². The second-order valence-electron chi connectivity index (χ2n) is 11.7. The fourth-order valence-electron chi connectivity index (χ4n) is 6.72. The molecular formula is C31H37N7O3. The molecule has 2 aliphatic carbocycles. The van der Waals surface area contributed by atoms with E-state index in [1.165, 1.54) is 0 Å². The van der Waals surface area contributed by atoms with E-state index in [9.17, 15) is 25.1 Å². The third kappa shape index (κ3) is 5.18. The molecule has 1 aliphatic heterocycles. The lowest BCUT2D eigenvalue weighted by Crippen LogP contribution is -2.50. The smallest absolute Gasteiger partial charge is 0.248 e. The van der Waals surface area contributed by atoms with Gasteiger partial charge in [0.25, 0.3) is 0 Å². The van der Waals surface area contributed by atoms with Crippen molar-refractivity contribution in [1.29, 1.82) is 10.7 Å². The molecule has 7 N–H and O–H groups in total. The third-order valence-corrected chi connectivity index (χ3v) is 8.72. The Kier molecular flexibility index (Phi) is 7.58. The molecular weight excluding hydrogens is 518 g/mol. The number of nitrogens with zero attached hydrogens (tertiary/aromatic N) is 2. The molecule has 3 atom stereocenters. The normalized spacial score (nSPS) is 21.6. The first-order valence-corrected chi connectivity index (χ1v) is 14.2. The summed E-state index contributed by atoms with van der Waals surface area (Å²) in [4.78, 5) is 38.9. The zero-order valence-corrected chi connectivity index (χ0v) is 23.5.